The molecule has 1 heterocycles. The zero-order valence-electron chi connectivity index (χ0n) is 10.4. The van der Waals surface area contributed by atoms with Crippen molar-refractivity contribution in [3.8, 4) is 17.2 Å². The highest BCUT2D eigenvalue weighted by atomic mass is 35.5. The number of fused-ring (bicyclic) bond motifs is 1. The summed E-state index contributed by atoms with van der Waals surface area (Å²) in [6.45, 7) is 0. The first-order valence-corrected chi connectivity index (χ1v) is 6.33. The Bertz CT molecular complexity index is 795. The molecule has 0 N–H and O–H groups in total. The second kappa shape index (κ2) is 4.46. The third-order valence-corrected chi connectivity index (χ3v) is 3.56. The Morgan fingerprint density at radius 3 is 2.53 bits per heavy atom. The van der Waals surface area contributed by atoms with E-state index in [9.17, 15) is 5.26 Å². The van der Waals surface area contributed by atoms with Gasteiger partial charge in [0.1, 0.15) is 11.8 Å². The van der Waals surface area contributed by atoms with E-state index < -0.39 is 0 Å². The Hall–Kier alpha value is -2.24. The second-order valence-corrected chi connectivity index (χ2v) is 4.86. The van der Waals surface area contributed by atoms with Crippen molar-refractivity contribution in [2.75, 3.05) is 0 Å². The van der Waals surface area contributed by atoms with E-state index in [0.29, 0.717) is 10.7 Å². The van der Waals surface area contributed by atoms with Gasteiger partial charge in [0.05, 0.1) is 0 Å². The Kier molecular flexibility index (Phi) is 2.77. The average molecular weight is 267 g/mol. The van der Waals surface area contributed by atoms with E-state index in [-0.39, 0.29) is 0 Å². The van der Waals surface area contributed by atoms with Crippen molar-refractivity contribution >= 4 is 22.5 Å². The summed E-state index contributed by atoms with van der Waals surface area (Å²) < 4.78 is 1.91. The maximum absolute atomic E-state index is 9.43. The lowest BCUT2D eigenvalue weighted by atomic mass is 10.0. The highest BCUT2D eigenvalue weighted by Crippen LogP contribution is 2.35. The van der Waals surface area contributed by atoms with Gasteiger partial charge in [-0.25, -0.2) is 0 Å². The van der Waals surface area contributed by atoms with Crippen LogP contribution in [0.3, 0.4) is 0 Å². The van der Waals surface area contributed by atoms with E-state index in [1.807, 2.05) is 60.1 Å². The zero-order chi connectivity index (χ0) is 13.4. The van der Waals surface area contributed by atoms with E-state index in [2.05, 4.69) is 6.07 Å². The van der Waals surface area contributed by atoms with Gasteiger partial charge in [-0.1, -0.05) is 41.9 Å². The summed E-state index contributed by atoms with van der Waals surface area (Å²) in [6, 6.07) is 17.9. The summed E-state index contributed by atoms with van der Waals surface area (Å²) in [5.74, 6) is 0. The number of halogens is 1. The van der Waals surface area contributed by atoms with Crippen LogP contribution in [0.5, 0.6) is 0 Å². The fourth-order valence-corrected chi connectivity index (χ4v) is 2.62. The molecule has 2 nitrogen and oxygen atoms in total. The summed E-state index contributed by atoms with van der Waals surface area (Å²) in [5.41, 5.74) is 3.65. The molecular formula is C16H11ClN2. The molecule has 92 valence electrons. The van der Waals surface area contributed by atoms with Crippen LogP contribution in [0, 0.1) is 11.3 Å². The third-order valence-electron chi connectivity index (χ3n) is 3.33. The van der Waals surface area contributed by atoms with Crippen LogP contribution in [0.2, 0.25) is 5.02 Å². The predicted molar refractivity (Wildman–Crippen MR) is 78.1 cm³/mol. The molecule has 19 heavy (non-hydrogen) atoms. The molecule has 0 aliphatic carbocycles. The van der Waals surface area contributed by atoms with Crippen LogP contribution in [0.4, 0.5) is 0 Å². The van der Waals surface area contributed by atoms with Crippen molar-refractivity contribution < 1.29 is 0 Å². The Labute approximate surface area is 116 Å². The number of rotatable bonds is 1. The van der Waals surface area contributed by atoms with Crippen LogP contribution >= 0.6 is 11.6 Å². The van der Waals surface area contributed by atoms with Crippen molar-refractivity contribution in [3.05, 3.63) is 59.2 Å². The molecule has 3 heteroatoms. The molecule has 0 radical (unpaired) electrons. The van der Waals surface area contributed by atoms with Crippen LogP contribution in [-0.4, -0.2) is 4.57 Å². The molecule has 0 atom stereocenters. The fraction of sp³-hybridized carbons (Fsp3) is 0.0625. The smallest absolute Gasteiger partial charge is 0.128 e. The molecule has 2 aromatic carbocycles. The van der Waals surface area contributed by atoms with Gasteiger partial charge in [0, 0.05) is 28.5 Å². The quantitative estimate of drug-likeness (QED) is 0.643. The number of nitriles is 1. The molecule has 0 unspecified atom stereocenters. The van der Waals surface area contributed by atoms with Crippen LogP contribution in [0.25, 0.3) is 22.0 Å². The fourth-order valence-electron chi connectivity index (χ4n) is 2.44. The lowest BCUT2D eigenvalue weighted by Crippen LogP contribution is -1.91. The third kappa shape index (κ3) is 1.80. The molecule has 1 aromatic heterocycles. The van der Waals surface area contributed by atoms with Crippen LogP contribution < -0.4 is 0 Å². The first-order chi connectivity index (χ1) is 9.22. The van der Waals surface area contributed by atoms with Crippen molar-refractivity contribution in [2.24, 2.45) is 7.05 Å². The maximum atomic E-state index is 9.43. The van der Waals surface area contributed by atoms with Gasteiger partial charge in [-0.3, -0.25) is 0 Å². The molecule has 3 aromatic rings. The molecular weight excluding hydrogens is 256 g/mol. The Morgan fingerprint density at radius 2 is 1.84 bits per heavy atom. The van der Waals surface area contributed by atoms with Crippen LogP contribution in [-0.2, 0) is 7.05 Å². The molecule has 0 fully saturated rings. The monoisotopic (exact) mass is 266 g/mol. The van der Waals surface area contributed by atoms with Gasteiger partial charge >= 0.3 is 0 Å². The molecule has 0 saturated carbocycles. The summed E-state index contributed by atoms with van der Waals surface area (Å²) in [4.78, 5) is 0. The first-order valence-electron chi connectivity index (χ1n) is 5.96. The minimum absolute atomic E-state index is 0.656. The summed E-state index contributed by atoms with van der Waals surface area (Å²) in [5, 5.41) is 11.1. The molecule has 0 aliphatic heterocycles. The van der Waals surface area contributed by atoms with E-state index in [1.54, 1.807) is 0 Å². The van der Waals surface area contributed by atoms with Gasteiger partial charge in [-0.2, -0.15) is 5.26 Å². The van der Waals surface area contributed by atoms with Crippen LogP contribution in [0.15, 0.2) is 48.5 Å². The summed E-state index contributed by atoms with van der Waals surface area (Å²) >= 11 is 6.09. The van der Waals surface area contributed by atoms with Crippen LogP contribution in [0.1, 0.15) is 5.69 Å². The molecule has 0 aliphatic rings. The van der Waals surface area contributed by atoms with E-state index in [4.69, 9.17) is 11.6 Å². The number of nitrogens with zero attached hydrogens (tertiary/aromatic N) is 2. The predicted octanol–water partition coefficient (Wildman–Crippen LogP) is 4.37. The standard InChI is InChI=1S/C16H11ClN2/c1-19-14-8-7-12(17)9-13(14)16(15(19)10-18)11-5-3-2-4-6-11/h2-9H,1H3. The van der Waals surface area contributed by atoms with E-state index >= 15 is 0 Å². The van der Waals surface area contributed by atoms with Gasteiger partial charge in [-0.05, 0) is 23.8 Å². The summed E-state index contributed by atoms with van der Waals surface area (Å²) in [7, 11) is 1.90. The minimum atomic E-state index is 0.656. The van der Waals surface area contributed by atoms with Crippen molar-refractivity contribution in [1.29, 1.82) is 5.26 Å². The molecule has 0 bridgehead atoms. The molecule has 0 amide bonds. The van der Waals surface area contributed by atoms with Crippen molar-refractivity contribution in [3.63, 3.8) is 0 Å². The second-order valence-electron chi connectivity index (χ2n) is 4.42. The van der Waals surface area contributed by atoms with Gasteiger partial charge in [0.15, 0.2) is 0 Å². The highest BCUT2D eigenvalue weighted by Gasteiger charge is 2.16. The zero-order valence-corrected chi connectivity index (χ0v) is 11.1. The lowest BCUT2D eigenvalue weighted by molar-refractivity contribution is 0.948. The van der Waals surface area contributed by atoms with Gasteiger partial charge < -0.3 is 4.57 Å². The Balaban J connectivity index is 2.46. The topological polar surface area (TPSA) is 28.7 Å². The minimum Gasteiger partial charge on any atom is -0.335 e. The van der Waals surface area contributed by atoms with Crippen molar-refractivity contribution in [2.45, 2.75) is 0 Å². The number of aromatic nitrogens is 1. The largest absolute Gasteiger partial charge is 0.335 e. The number of aryl methyl sites for hydroxylation is 1. The first kappa shape index (κ1) is 11.8. The Morgan fingerprint density at radius 1 is 1.11 bits per heavy atom. The molecule has 0 saturated heterocycles. The maximum Gasteiger partial charge on any atom is 0.128 e. The number of hydrogen-bond donors (Lipinski definition) is 0. The van der Waals surface area contributed by atoms with Gasteiger partial charge in [0.25, 0.3) is 0 Å². The van der Waals surface area contributed by atoms with E-state index in [0.717, 1.165) is 22.0 Å². The van der Waals surface area contributed by atoms with Crippen molar-refractivity contribution in [1.82, 2.24) is 4.57 Å². The normalized spacial score (nSPS) is 10.6. The molecule has 0 spiro atoms. The lowest BCUT2D eigenvalue weighted by Gasteiger charge is -2.00. The van der Waals surface area contributed by atoms with Gasteiger partial charge in [-0.15, -0.1) is 0 Å². The number of hydrogen-bond acceptors (Lipinski definition) is 1. The average Bonchev–Trinajstić information content (AvgIpc) is 2.71. The number of benzene rings is 2. The highest BCUT2D eigenvalue weighted by molar-refractivity contribution is 6.31. The molecule has 3 rings (SSSR count). The SMILES string of the molecule is Cn1c(C#N)c(-c2ccccc2)c2cc(Cl)ccc21. The van der Waals surface area contributed by atoms with E-state index in [1.165, 1.54) is 0 Å². The summed E-state index contributed by atoms with van der Waals surface area (Å²) in [6.07, 6.45) is 0. The van der Waals surface area contributed by atoms with Gasteiger partial charge in [0.2, 0.25) is 0 Å².